The summed E-state index contributed by atoms with van der Waals surface area (Å²) in [5.41, 5.74) is 0. The van der Waals surface area contributed by atoms with Gasteiger partial charge in [0.15, 0.2) is 0 Å². The minimum absolute atomic E-state index is 0.0937. The van der Waals surface area contributed by atoms with Gasteiger partial charge in [-0.15, -0.1) is 0 Å². The zero-order valence-corrected chi connectivity index (χ0v) is 22.2. The molecule has 1 aliphatic rings. The maximum absolute atomic E-state index is 11.9. The minimum Gasteiger partial charge on any atom is -0.463 e. The van der Waals surface area contributed by atoms with Crippen molar-refractivity contribution in [3.8, 4) is 0 Å². The highest BCUT2D eigenvalue weighted by molar-refractivity contribution is 5.69. The highest BCUT2D eigenvalue weighted by Gasteiger charge is 2.44. The molecule has 1 saturated heterocycles. The molecule has 4 atom stereocenters. The molecular formula is C26H50O10. The van der Waals surface area contributed by atoms with Crippen LogP contribution in [0.2, 0.25) is 0 Å². The number of esters is 1. The second-order valence-corrected chi connectivity index (χ2v) is 9.00. The summed E-state index contributed by atoms with van der Waals surface area (Å²) in [5, 5.41) is 27.4. The summed E-state index contributed by atoms with van der Waals surface area (Å²) in [6, 6.07) is 0. The van der Waals surface area contributed by atoms with E-state index in [0.717, 1.165) is 19.3 Å². The lowest BCUT2D eigenvalue weighted by Crippen LogP contribution is -2.45. The van der Waals surface area contributed by atoms with E-state index >= 15 is 0 Å². The molecule has 1 fully saturated rings. The van der Waals surface area contributed by atoms with Crippen molar-refractivity contribution >= 4 is 5.97 Å². The Morgan fingerprint density at radius 2 is 1.47 bits per heavy atom. The average Bonchev–Trinajstić information content (AvgIpc) is 3.29. The molecule has 0 spiro atoms. The predicted molar refractivity (Wildman–Crippen MR) is 134 cm³/mol. The van der Waals surface area contributed by atoms with Gasteiger partial charge in [0.25, 0.3) is 0 Å². The van der Waals surface area contributed by atoms with Crippen LogP contribution in [0.1, 0.15) is 71.1 Å². The van der Waals surface area contributed by atoms with Gasteiger partial charge in [-0.3, -0.25) is 4.79 Å². The first-order chi connectivity index (χ1) is 17.7. The van der Waals surface area contributed by atoms with Gasteiger partial charge in [0.05, 0.1) is 59.5 Å². The zero-order valence-electron chi connectivity index (χ0n) is 22.2. The van der Waals surface area contributed by atoms with Crippen LogP contribution in [0.3, 0.4) is 0 Å². The number of carbonyl (C=O) groups is 1. The second kappa shape index (κ2) is 23.3. The lowest BCUT2D eigenvalue weighted by molar-refractivity contribution is -0.149. The molecule has 0 aromatic heterocycles. The van der Waals surface area contributed by atoms with Crippen LogP contribution in [-0.2, 0) is 33.2 Å². The molecule has 10 heteroatoms. The third kappa shape index (κ3) is 15.4. The maximum atomic E-state index is 11.9. The molecule has 0 aromatic carbocycles. The summed E-state index contributed by atoms with van der Waals surface area (Å²) >= 11 is 0. The van der Waals surface area contributed by atoms with E-state index in [9.17, 15) is 9.90 Å². The van der Waals surface area contributed by atoms with Crippen molar-refractivity contribution in [2.75, 3.05) is 66.1 Å². The summed E-state index contributed by atoms with van der Waals surface area (Å²) in [4.78, 5) is 11.9. The number of aliphatic hydroxyl groups excluding tert-OH is 3. The van der Waals surface area contributed by atoms with E-state index in [2.05, 4.69) is 6.92 Å². The average molecular weight is 523 g/mol. The van der Waals surface area contributed by atoms with Crippen LogP contribution in [-0.4, -0.2) is 112 Å². The third-order valence-electron chi connectivity index (χ3n) is 6.01. The van der Waals surface area contributed by atoms with Crippen LogP contribution in [0.4, 0.5) is 0 Å². The van der Waals surface area contributed by atoms with Crippen LogP contribution in [0.5, 0.6) is 0 Å². The standard InChI is InChI=1S/C26H50O10/c1-2-3-4-5-6-7-8-9-10-11-24(30)34-19-18-31-20-22(32-15-12-27)26-25(35-17-14-29)23(21-36-26)33-16-13-28/h22-23,25-29H,2-21H2,1H3/t22-,23-,25+,26-/m1/s1. The van der Waals surface area contributed by atoms with Crippen LogP contribution < -0.4 is 0 Å². The molecule has 0 amide bonds. The molecule has 0 unspecified atom stereocenters. The molecule has 1 heterocycles. The normalized spacial score (nSPS) is 20.6. The molecule has 36 heavy (non-hydrogen) atoms. The summed E-state index contributed by atoms with van der Waals surface area (Å²) in [5.74, 6) is -0.213. The Balaban J connectivity index is 2.27. The Bertz CT molecular complexity index is 507. The number of rotatable bonds is 25. The van der Waals surface area contributed by atoms with Gasteiger partial charge < -0.3 is 43.7 Å². The molecule has 0 aromatic rings. The molecule has 0 bridgehead atoms. The predicted octanol–water partition coefficient (Wildman–Crippen LogP) is 2.00. The van der Waals surface area contributed by atoms with Crippen molar-refractivity contribution in [2.24, 2.45) is 0 Å². The summed E-state index contributed by atoms with van der Waals surface area (Å²) in [7, 11) is 0. The first kappa shape index (κ1) is 33.2. The SMILES string of the molecule is CCCCCCCCCCCC(=O)OCCOC[C@@H](OCCO)[C@H]1OC[C@@H](OCCO)[C@@H]1OCCO. The first-order valence-electron chi connectivity index (χ1n) is 13.7. The van der Waals surface area contributed by atoms with Crippen LogP contribution in [0.15, 0.2) is 0 Å². The van der Waals surface area contributed by atoms with E-state index in [0.29, 0.717) is 6.42 Å². The van der Waals surface area contributed by atoms with Gasteiger partial charge in [0, 0.05) is 6.42 Å². The fourth-order valence-corrected chi connectivity index (χ4v) is 4.17. The Labute approximate surface area is 216 Å². The smallest absolute Gasteiger partial charge is 0.305 e. The van der Waals surface area contributed by atoms with Crippen molar-refractivity contribution < 1.29 is 48.5 Å². The molecule has 0 aliphatic carbocycles. The van der Waals surface area contributed by atoms with Crippen molar-refractivity contribution in [3.05, 3.63) is 0 Å². The van der Waals surface area contributed by atoms with Gasteiger partial charge in [-0.2, -0.15) is 0 Å². The Kier molecular flexibility index (Phi) is 21.5. The molecular weight excluding hydrogens is 472 g/mol. The van der Waals surface area contributed by atoms with Crippen molar-refractivity contribution in [1.82, 2.24) is 0 Å². The molecule has 3 N–H and O–H groups in total. The molecule has 0 saturated carbocycles. The Hall–Kier alpha value is -0.850. The molecule has 214 valence electrons. The summed E-state index contributed by atoms with van der Waals surface area (Å²) < 4.78 is 33.8. The summed E-state index contributed by atoms with van der Waals surface area (Å²) in [6.07, 6.45) is 9.17. The second-order valence-electron chi connectivity index (χ2n) is 9.00. The van der Waals surface area contributed by atoms with E-state index in [1.54, 1.807) is 0 Å². The van der Waals surface area contributed by atoms with E-state index in [4.69, 9.17) is 38.6 Å². The van der Waals surface area contributed by atoms with Gasteiger partial charge in [-0.05, 0) is 6.42 Å². The highest BCUT2D eigenvalue weighted by atomic mass is 16.6. The van der Waals surface area contributed by atoms with Gasteiger partial charge in [0.1, 0.15) is 31.0 Å². The van der Waals surface area contributed by atoms with Crippen LogP contribution in [0.25, 0.3) is 0 Å². The molecule has 10 nitrogen and oxygen atoms in total. The third-order valence-corrected chi connectivity index (χ3v) is 6.01. The van der Waals surface area contributed by atoms with E-state index in [1.165, 1.54) is 38.5 Å². The number of unbranched alkanes of at least 4 members (excludes halogenated alkanes) is 8. The lowest BCUT2D eigenvalue weighted by Gasteiger charge is -2.29. The minimum atomic E-state index is -0.554. The monoisotopic (exact) mass is 522 g/mol. The topological polar surface area (TPSA) is 133 Å². The quantitative estimate of drug-likeness (QED) is 0.121. The van der Waals surface area contributed by atoms with E-state index in [-0.39, 0.29) is 72.0 Å². The van der Waals surface area contributed by atoms with Crippen molar-refractivity contribution in [2.45, 2.75) is 95.5 Å². The van der Waals surface area contributed by atoms with Crippen molar-refractivity contribution in [1.29, 1.82) is 0 Å². The Morgan fingerprint density at radius 3 is 2.14 bits per heavy atom. The zero-order chi connectivity index (χ0) is 26.3. The number of hydrogen-bond acceptors (Lipinski definition) is 10. The number of hydrogen-bond donors (Lipinski definition) is 3. The Morgan fingerprint density at radius 1 is 0.833 bits per heavy atom. The van der Waals surface area contributed by atoms with Crippen molar-refractivity contribution in [3.63, 3.8) is 0 Å². The van der Waals surface area contributed by atoms with Gasteiger partial charge in [-0.25, -0.2) is 0 Å². The number of aliphatic hydroxyl groups is 3. The number of ether oxygens (including phenoxy) is 6. The molecule has 0 radical (unpaired) electrons. The van der Waals surface area contributed by atoms with E-state index < -0.39 is 24.4 Å². The fraction of sp³-hybridized carbons (Fsp3) is 0.962. The molecule has 1 rings (SSSR count). The van der Waals surface area contributed by atoms with Gasteiger partial charge >= 0.3 is 5.97 Å². The first-order valence-corrected chi connectivity index (χ1v) is 13.7. The molecule has 1 aliphatic heterocycles. The maximum Gasteiger partial charge on any atom is 0.305 e. The fourth-order valence-electron chi connectivity index (χ4n) is 4.17. The van der Waals surface area contributed by atoms with E-state index in [1.807, 2.05) is 0 Å². The van der Waals surface area contributed by atoms with Gasteiger partial charge in [0.2, 0.25) is 0 Å². The number of carbonyl (C=O) groups excluding carboxylic acids is 1. The highest BCUT2D eigenvalue weighted by Crippen LogP contribution is 2.25. The lowest BCUT2D eigenvalue weighted by atomic mass is 10.1. The van der Waals surface area contributed by atoms with Crippen LogP contribution in [0, 0.1) is 0 Å². The van der Waals surface area contributed by atoms with Gasteiger partial charge in [-0.1, -0.05) is 58.3 Å². The van der Waals surface area contributed by atoms with Crippen LogP contribution >= 0.6 is 0 Å². The summed E-state index contributed by atoms with van der Waals surface area (Å²) in [6.45, 7) is 2.88. The largest absolute Gasteiger partial charge is 0.463 e.